The number of benzene rings is 2. The largest absolute Gasteiger partial charge is 0.334 e. The lowest BCUT2D eigenvalue weighted by Gasteiger charge is -2.33. The molecular weight excluding hydrogens is 362 g/mol. The van der Waals surface area contributed by atoms with Crippen molar-refractivity contribution >= 4 is 6.03 Å². The van der Waals surface area contributed by atoms with E-state index in [0.29, 0.717) is 6.54 Å². The zero-order valence-corrected chi connectivity index (χ0v) is 16.5. The number of nitrogens with zero attached hydrogens (tertiary/aromatic N) is 3. The third-order valence-electron chi connectivity index (χ3n) is 5.28. The first kappa shape index (κ1) is 19.2. The number of nitrogens with one attached hydrogen (secondary N) is 2. The Labute approximate surface area is 171 Å². The number of amides is 2. The molecule has 2 heterocycles. The van der Waals surface area contributed by atoms with E-state index < -0.39 is 0 Å². The summed E-state index contributed by atoms with van der Waals surface area (Å²) in [6.45, 7) is 3.42. The fourth-order valence-electron chi connectivity index (χ4n) is 3.78. The Morgan fingerprint density at radius 2 is 1.90 bits per heavy atom. The number of likely N-dealkylation sites (tertiary alicyclic amines) is 1. The lowest BCUT2D eigenvalue weighted by atomic mass is 10.0. The van der Waals surface area contributed by atoms with E-state index in [1.807, 2.05) is 41.1 Å². The first-order valence-corrected chi connectivity index (χ1v) is 10.1. The average molecular weight is 390 g/mol. The molecule has 6 nitrogen and oxygen atoms in total. The molecule has 29 heavy (non-hydrogen) atoms. The molecule has 1 atom stereocenters. The molecule has 0 radical (unpaired) electrons. The van der Waals surface area contributed by atoms with Crippen LogP contribution in [0.3, 0.4) is 0 Å². The van der Waals surface area contributed by atoms with Gasteiger partial charge in [-0.15, -0.1) is 0 Å². The first-order valence-electron chi connectivity index (χ1n) is 10.1. The van der Waals surface area contributed by atoms with Crippen LogP contribution >= 0.6 is 0 Å². The van der Waals surface area contributed by atoms with Crippen molar-refractivity contribution in [2.45, 2.75) is 32.0 Å². The molecule has 2 amide bonds. The highest BCUT2D eigenvalue weighted by molar-refractivity contribution is 5.74. The molecule has 3 aromatic rings. The number of carbonyl (C=O) groups is 1. The van der Waals surface area contributed by atoms with Gasteiger partial charge in [-0.05, 0) is 42.6 Å². The maximum absolute atomic E-state index is 12.4. The Kier molecular flexibility index (Phi) is 6.22. The summed E-state index contributed by atoms with van der Waals surface area (Å²) in [4.78, 5) is 18.8. The van der Waals surface area contributed by atoms with E-state index in [9.17, 15) is 4.79 Å². The smallest absolute Gasteiger partial charge is 0.315 e. The number of aromatic nitrogens is 2. The van der Waals surface area contributed by atoms with Gasteiger partial charge in [0.15, 0.2) is 0 Å². The number of carbonyl (C=O) groups excluding carboxylic acids is 1. The van der Waals surface area contributed by atoms with Crippen molar-refractivity contribution in [1.82, 2.24) is 25.1 Å². The number of rotatable bonds is 6. The Balaban J connectivity index is 1.23. The zero-order chi connectivity index (χ0) is 19.9. The van der Waals surface area contributed by atoms with Crippen LogP contribution in [0.5, 0.6) is 0 Å². The molecule has 1 aliphatic heterocycles. The van der Waals surface area contributed by atoms with Crippen molar-refractivity contribution in [2.24, 2.45) is 0 Å². The SMILES string of the molecule is O=C(NCc1ccc(-n2ccnc2)cc1)NC1CCCN(Cc2ccccc2)C1. The van der Waals surface area contributed by atoms with Gasteiger partial charge in [0.2, 0.25) is 0 Å². The van der Waals surface area contributed by atoms with E-state index in [4.69, 9.17) is 0 Å². The maximum atomic E-state index is 12.4. The third-order valence-corrected chi connectivity index (χ3v) is 5.28. The minimum absolute atomic E-state index is 0.102. The van der Waals surface area contributed by atoms with Gasteiger partial charge in [-0.3, -0.25) is 4.90 Å². The van der Waals surface area contributed by atoms with E-state index in [2.05, 4.69) is 44.8 Å². The quantitative estimate of drug-likeness (QED) is 0.680. The Bertz CT molecular complexity index is 893. The Morgan fingerprint density at radius 1 is 1.07 bits per heavy atom. The number of imidazole rings is 1. The Morgan fingerprint density at radius 3 is 2.66 bits per heavy atom. The molecule has 1 aromatic heterocycles. The summed E-state index contributed by atoms with van der Waals surface area (Å²) in [7, 11) is 0. The molecule has 2 aromatic carbocycles. The van der Waals surface area contributed by atoms with E-state index in [0.717, 1.165) is 43.7 Å². The van der Waals surface area contributed by atoms with Gasteiger partial charge in [0.1, 0.15) is 0 Å². The molecule has 4 rings (SSSR count). The average Bonchev–Trinajstić information content (AvgIpc) is 3.29. The molecule has 0 aliphatic carbocycles. The molecular formula is C23H27N5O. The fourth-order valence-corrected chi connectivity index (χ4v) is 3.78. The number of urea groups is 1. The van der Waals surface area contributed by atoms with Gasteiger partial charge >= 0.3 is 6.03 Å². The monoisotopic (exact) mass is 389 g/mol. The molecule has 1 saturated heterocycles. The van der Waals surface area contributed by atoms with Gasteiger partial charge in [0.25, 0.3) is 0 Å². The van der Waals surface area contributed by atoms with Crippen LogP contribution in [0, 0.1) is 0 Å². The van der Waals surface area contributed by atoms with Crippen molar-refractivity contribution in [1.29, 1.82) is 0 Å². The van der Waals surface area contributed by atoms with Gasteiger partial charge in [-0.2, -0.15) is 0 Å². The summed E-state index contributed by atoms with van der Waals surface area (Å²) in [5.41, 5.74) is 3.44. The van der Waals surface area contributed by atoms with Gasteiger partial charge in [0, 0.05) is 43.8 Å². The third kappa shape index (κ3) is 5.45. The topological polar surface area (TPSA) is 62.2 Å². The predicted octanol–water partition coefficient (Wildman–Crippen LogP) is 3.34. The molecule has 0 saturated carbocycles. The van der Waals surface area contributed by atoms with Crippen molar-refractivity contribution in [3.63, 3.8) is 0 Å². The molecule has 1 fully saturated rings. The standard InChI is InChI=1S/C23H27N5O/c29-23(25-15-19-8-10-22(11-9-19)28-14-12-24-18-28)26-21-7-4-13-27(17-21)16-20-5-2-1-3-6-20/h1-3,5-6,8-12,14,18,21H,4,7,13,15-17H2,(H2,25,26,29). The number of piperidine rings is 1. The van der Waals surface area contributed by atoms with E-state index >= 15 is 0 Å². The van der Waals surface area contributed by atoms with E-state index in [1.165, 1.54) is 5.56 Å². The second-order valence-electron chi connectivity index (χ2n) is 7.52. The van der Waals surface area contributed by atoms with Crippen LogP contribution in [0.25, 0.3) is 5.69 Å². The fraction of sp³-hybridized carbons (Fsp3) is 0.304. The molecule has 6 heteroatoms. The van der Waals surface area contributed by atoms with Crippen LogP contribution in [-0.4, -0.2) is 39.6 Å². The summed E-state index contributed by atoms with van der Waals surface area (Å²) in [6.07, 6.45) is 7.57. The molecule has 1 aliphatic rings. The lowest BCUT2D eigenvalue weighted by molar-refractivity contribution is 0.180. The van der Waals surface area contributed by atoms with Crippen molar-refractivity contribution < 1.29 is 4.79 Å². The van der Waals surface area contributed by atoms with Crippen LogP contribution in [-0.2, 0) is 13.1 Å². The summed E-state index contributed by atoms with van der Waals surface area (Å²) in [5, 5.41) is 6.11. The van der Waals surface area contributed by atoms with Gasteiger partial charge in [-0.25, -0.2) is 9.78 Å². The highest BCUT2D eigenvalue weighted by atomic mass is 16.2. The maximum Gasteiger partial charge on any atom is 0.315 e. The van der Waals surface area contributed by atoms with Gasteiger partial charge in [-0.1, -0.05) is 42.5 Å². The Hall–Kier alpha value is -3.12. The number of hydrogen-bond acceptors (Lipinski definition) is 3. The van der Waals surface area contributed by atoms with Crippen LogP contribution in [0.2, 0.25) is 0 Å². The highest BCUT2D eigenvalue weighted by Crippen LogP contribution is 2.14. The summed E-state index contributed by atoms with van der Waals surface area (Å²) < 4.78 is 1.95. The summed E-state index contributed by atoms with van der Waals surface area (Å²) in [6, 6.07) is 18.7. The van der Waals surface area contributed by atoms with Crippen molar-refractivity contribution in [2.75, 3.05) is 13.1 Å². The van der Waals surface area contributed by atoms with Crippen LogP contribution in [0.15, 0.2) is 73.3 Å². The summed E-state index contributed by atoms with van der Waals surface area (Å²) in [5.74, 6) is 0. The van der Waals surface area contributed by atoms with E-state index in [-0.39, 0.29) is 12.1 Å². The summed E-state index contributed by atoms with van der Waals surface area (Å²) >= 11 is 0. The van der Waals surface area contributed by atoms with Gasteiger partial charge < -0.3 is 15.2 Å². The van der Waals surface area contributed by atoms with E-state index in [1.54, 1.807) is 12.5 Å². The normalized spacial score (nSPS) is 17.0. The second kappa shape index (κ2) is 9.39. The van der Waals surface area contributed by atoms with Crippen molar-refractivity contribution in [3.8, 4) is 5.69 Å². The first-order chi connectivity index (χ1) is 14.3. The minimum Gasteiger partial charge on any atom is -0.334 e. The minimum atomic E-state index is -0.102. The lowest BCUT2D eigenvalue weighted by Crippen LogP contribution is -2.50. The molecule has 2 N–H and O–H groups in total. The molecule has 150 valence electrons. The predicted molar refractivity (Wildman–Crippen MR) is 114 cm³/mol. The van der Waals surface area contributed by atoms with Crippen LogP contribution in [0.4, 0.5) is 4.79 Å². The number of hydrogen-bond donors (Lipinski definition) is 2. The van der Waals surface area contributed by atoms with Crippen LogP contribution in [0.1, 0.15) is 24.0 Å². The highest BCUT2D eigenvalue weighted by Gasteiger charge is 2.21. The molecule has 1 unspecified atom stereocenters. The van der Waals surface area contributed by atoms with Crippen LogP contribution < -0.4 is 10.6 Å². The van der Waals surface area contributed by atoms with Gasteiger partial charge in [0.05, 0.1) is 6.33 Å². The molecule has 0 bridgehead atoms. The van der Waals surface area contributed by atoms with Crippen molar-refractivity contribution in [3.05, 3.63) is 84.4 Å². The zero-order valence-electron chi connectivity index (χ0n) is 16.5. The molecule has 0 spiro atoms. The second-order valence-corrected chi connectivity index (χ2v) is 7.52.